The topological polar surface area (TPSA) is 15.7 Å². The third kappa shape index (κ3) is 4.48. The largest absolute Gasteiger partial charge is 0.537 e. The first-order valence-electron chi connectivity index (χ1n) is 10.9. The van der Waals surface area contributed by atoms with E-state index in [-0.39, 0.29) is 15.1 Å². The van der Waals surface area contributed by atoms with Crippen LogP contribution in [0.4, 0.5) is 4.11 Å². The molecular weight excluding hydrogens is 416 g/mol. The highest BCUT2D eigenvalue weighted by Crippen LogP contribution is 2.50. The van der Waals surface area contributed by atoms with E-state index in [4.69, 9.17) is 4.12 Å². The fraction of sp³-hybridized carbons (Fsp3) is 1.00. The summed E-state index contributed by atoms with van der Waals surface area (Å²) in [6.45, 7) is 35.8. The Morgan fingerprint density at radius 1 is 0.643 bits per heavy atom. The summed E-state index contributed by atoms with van der Waals surface area (Å²) in [6.07, 6.45) is 0. The highest BCUT2D eigenvalue weighted by molar-refractivity contribution is 6.97. The van der Waals surface area contributed by atoms with Crippen LogP contribution in [0.3, 0.4) is 0 Å². The van der Waals surface area contributed by atoms with E-state index in [1.54, 1.807) is 0 Å². The van der Waals surface area contributed by atoms with E-state index in [1.165, 1.54) is 0 Å². The van der Waals surface area contributed by atoms with Crippen molar-refractivity contribution in [2.45, 2.75) is 117 Å². The molecular formula is C20H49FN2OSi4. The van der Waals surface area contributed by atoms with Gasteiger partial charge in [0.05, 0.1) is 0 Å². The number of hydrogen-bond acceptors (Lipinski definition) is 3. The molecule has 1 aliphatic heterocycles. The van der Waals surface area contributed by atoms with Gasteiger partial charge in [-0.1, -0.05) is 88.5 Å². The highest BCUT2D eigenvalue weighted by atomic mass is 28.5. The molecule has 0 N–H and O–H groups in total. The van der Waals surface area contributed by atoms with Gasteiger partial charge in [0, 0.05) is 13.1 Å². The van der Waals surface area contributed by atoms with E-state index in [1.807, 2.05) is 0 Å². The van der Waals surface area contributed by atoms with Crippen LogP contribution in [-0.2, 0) is 4.12 Å². The fourth-order valence-electron chi connectivity index (χ4n) is 3.27. The first-order valence-corrected chi connectivity index (χ1v) is 21.4. The molecule has 0 spiro atoms. The third-order valence-electron chi connectivity index (χ3n) is 8.42. The summed E-state index contributed by atoms with van der Waals surface area (Å²) in [7, 11) is -10.1. The molecule has 1 heterocycles. The van der Waals surface area contributed by atoms with Gasteiger partial charge in [0.15, 0.2) is 8.32 Å². The fourth-order valence-corrected chi connectivity index (χ4v) is 21.3. The smallest absolute Gasteiger partial charge is 0.410 e. The molecule has 0 atom stereocenters. The molecule has 0 unspecified atom stereocenters. The first-order chi connectivity index (χ1) is 11.9. The predicted molar refractivity (Wildman–Crippen MR) is 133 cm³/mol. The second-order valence-corrected chi connectivity index (χ2v) is 32.0. The summed E-state index contributed by atoms with van der Waals surface area (Å²) in [6, 6.07) is 0. The molecule has 0 aliphatic carbocycles. The van der Waals surface area contributed by atoms with Crippen molar-refractivity contribution in [3.63, 3.8) is 0 Å². The van der Waals surface area contributed by atoms with Crippen LogP contribution < -0.4 is 0 Å². The average molecular weight is 465 g/mol. The van der Waals surface area contributed by atoms with Crippen LogP contribution in [0, 0.1) is 0 Å². The molecule has 0 bridgehead atoms. The maximum Gasteiger partial charge on any atom is 0.537 e. The maximum atomic E-state index is 17.6. The lowest BCUT2D eigenvalue weighted by molar-refractivity contribution is 0.322. The van der Waals surface area contributed by atoms with E-state index >= 15 is 4.11 Å². The van der Waals surface area contributed by atoms with Gasteiger partial charge >= 0.3 is 8.97 Å². The van der Waals surface area contributed by atoms with Crippen molar-refractivity contribution < 1.29 is 8.22 Å². The number of rotatable bonds is 4. The second-order valence-electron chi connectivity index (χ2n) is 13.3. The van der Waals surface area contributed by atoms with E-state index < -0.39 is 33.8 Å². The molecule has 1 saturated heterocycles. The van der Waals surface area contributed by atoms with Gasteiger partial charge in [-0.2, -0.15) is 0 Å². The molecule has 3 nitrogen and oxygen atoms in total. The molecule has 8 heteroatoms. The van der Waals surface area contributed by atoms with Crippen LogP contribution in [0.15, 0.2) is 0 Å². The first kappa shape index (κ1) is 26.7. The quantitative estimate of drug-likeness (QED) is 0.327. The molecule has 28 heavy (non-hydrogen) atoms. The average Bonchev–Trinajstić information content (AvgIpc) is 2.71. The van der Waals surface area contributed by atoms with E-state index in [2.05, 4.69) is 110 Å². The Bertz CT molecular complexity index is 540. The predicted octanol–water partition coefficient (Wildman–Crippen LogP) is 7.04. The van der Waals surface area contributed by atoms with Crippen LogP contribution in [0.2, 0.25) is 54.4 Å². The van der Waals surface area contributed by atoms with Crippen LogP contribution in [-0.4, -0.2) is 55.3 Å². The molecule has 0 aromatic heterocycles. The minimum atomic E-state index is -3.73. The van der Waals surface area contributed by atoms with E-state index in [0.29, 0.717) is 0 Å². The summed E-state index contributed by atoms with van der Waals surface area (Å²) in [5.74, 6) is 0. The van der Waals surface area contributed by atoms with Gasteiger partial charge in [-0.15, -0.1) is 0 Å². The van der Waals surface area contributed by atoms with Crippen LogP contribution in [0.25, 0.3) is 0 Å². The standard InChI is InChI=1S/C20H49FN2OSi4/c1-18(2,3)25(10,11)22-16-17-23(26(12,13)19(4,5)6)28(22,21)24-27(14,15)20(7,8)9/h16-17H2,1-15H3. The van der Waals surface area contributed by atoms with Gasteiger partial charge in [-0.3, -0.25) is 8.46 Å². The normalized spacial score (nSPS) is 21.4. The van der Waals surface area contributed by atoms with Gasteiger partial charge < -0.3 is 4.12 Å². The zero-order valence-corrected chi connectivity index (χ0v) is 25.6. The lowest BCUT2D eigenvalue weighted by Crippen LogP contribution is -2.76. The lowest BCUT2D eigenvalue weighted by atomic mass is 10.2. The molecule has 1 aliphatic rings. The minimum absolute atomic E-state index is 0.000117. The van der Waals surface area contributed by atoms with Crippen molar-refractivity contribution in [3.05, 3.63) is 0 Å². The molecule has 0 saturated carbocycles. The highest BCUT2D eigenvalue weighted by Gasteiger charge is 2.68. The van der Waals surface area contributed by atoms with Crippen LogP contribution >= 0.6 is 0 Å². The van der Waals surface area contributed by atoms with Crippen molar-refractivity contribution in [2.24, 2.45) is 0 Å². The monoisotopic (exact) mass is 464 g/mol. The Morgan fingerprint density at radius 2 is 0.929 bits per heavy atom. The van der Waals surface area contributed by atoms with Crippen molar-refractivity contribution in [1.29, 1.82) is 0 Å². The summed E-state index contributed by atoms with van der Waals surface area (Å²) < 4.78 is 29.1. The van der Waals surface area contributed by atoms with Gasteiger partial charge in [-0.25, -0.2) is 4.11 Å². The zero-order chi connectivity index (χ0) is 22.8. The van der Waals surface area contributed by atoms with Crippen molar-refractivity contribution >= 4 is 33.8 Å². The molecule has 0 radical (unpaired) electrons. The maximum absolute atomic E-state index is 17.6. The summed E-state index contributed by atoms with van der Waals surface area (Å²) in [5, 5.41) is 0.190. The van der Waals surface area contributed by atoms with Gasteiger partial charge in [-0.05, 0) is 28.2 Å². The molecule has 0 aromatic rings. The van der Waals surface area contributed by atoms with E-state index in [0.717, 1.165) is 13.1 Å². The number of halogens is 1. The molecule has 1 fully saturated rings. The van der Waals surface area contributed by atoms with Gasteiger partial charge in [0.2, 0.25) is 0 Å². The Balaban J connectivity index is 3.62. The second kappa shape index (κ2) is 7.38. The Kier molecular flexibility index (Phi) is 7.04. The molecule has 168 valence electrons. The van der Waals surface area contributed by atoms with Crippen LogP contribution in [0.1, 0.15) is 62.3 Å². The van der Waals surface area contributed by atoms with E-state index in [9.17, 15) is 0 Å². The minimum Gasteiger partial charge on any atom is -0.410 e. The molecule has 0 aromatic carbocycles. The number of hydrogen-bond donors (Lipinski definition) is 0. The third-order valence-corrected chi connectivity index (χ3v) is 32.4. The van der Waals surface area contributed by atoms with Gasteiger partial charge in [0.25, 0.3) is 0 Å². The Hall–Kier alpha value is 0.678. The van der Waals surface area contributed by atoms with Crippen molar-refractivity contribution in [3.8, 4) is 0 Å². The number of nitrogens with zero attached hydrogens (tertiary/aromatic N) is 2. The SMILES string of the molecule is CC(C)(C)[Si](C)(C)O[Si]1(F)N([Si](C)(C)C(C)(C)C)CCN1[Si](C)(C)C(C)(C)C. The summed E-state index contributed by atoms with van der Waals surface area (Å²) >= 11 is 0. The van der Waals surface area contributed by atoms with Gasteiger partial charge in [0.1, 0.15) is 16.5 Å². The Morgan fingerprint density at radius 3 is 1.14 bits per heavy atom. The van der Waals surface area contributed by atoms with Crippen molar-refractivity contribution in [1.82, 2.24) is 8.46 Å². The lowest BCUT2D eigenvalue weighted by Gasteiger charge is -2.54. The Labute approximate surface area is 180 Å². The summed E-state index contributed by atoms with van der Waals surface area (Å²) in [4.78, 5) is 0. The van der Waals surface area contributed by atoms with Crippen LogP contribution in [0.5, 0.6) is 0 Å². The van der Waals surface area contributed by atoms with Crippen molar-refractivity contribution in [2.75, 3.05) is 13.1 Å². The summed E-state index contributed by atoms with van der Waals surface area (Å²) in [5.41, 5.74) is 0. The molecule has 1 rings (SSSR count). The zero-order valence-electron chi connectivity index (χ0n) is 21.6. The molecule has 0 amide bonds.